The number of nitrogens with one attached hydrogen (secondary N) is 1. The number of nitrogens with zero attached hydrogens (tertiary/aromatic N) is 5. The van der Waals surface area contributed by atoms with Gasteiger partial charge < -0.3 is 19.5 Å². The van der Waals surface area contributed by atoms with E-state index in [0.29, 0.717) is 6.42 Å². The first-order chi connectivity index (χ1) is 12.7. The molecule has 7 nitrogen and oxygen atoms in total. The summed E-state index contributed by atoms with van der Waals surface area (Å²) in [6, 6.07) is 0. The molecule has 0 radical (unpaired) electrons. The zero-order valence-corrected chi connectivity index (χ0v) is 15.6. The first kappa shape index (κ1) is 18.1. The summed E-state index contributed by atoms with van der Waals surface area (Å²) in [7, 11) is 0. The van der Waals surface area contributed by atoms with E-state index in [2.05, 4.69) is 31.3 Å². The highest BCUT2D eigenvalue weighted by Gasteiger charge is 2.15. The van der Waals surface area contributed by atoms with Crippen LogP contribution in [0, 0.1) is 0 Å². The normalized spacial score (nSPS) is 19.1. The van der Waals surface area contributed by atoms with Crippen LogP contribution in [0.25, 0.3) is 12.3 Å². The average Bonchev–Trinajstić information content (AvgIpc) is 2.96. The van der Waals surface area contributed by atoms with Gasteiger partial charge in [-0.2, -0.15) is 0 Å². The second-order valence-electron chi connectivity index (χ2n) is 6.21. The number of morpholine rings is 1. The van der Waals surface area contributed by atoms with Gasteiger partial charge in [0.05, 0.1) is 13.2 Å². The van der Waals surface area contributed by atoms with Crippen LogP contribution in [-0.4, -0.2) is 52.4 Å². The van der Waals surface area contributed by atoms with Crippen molar-refractivity contribution in [2.45, 2.75) is 27.2 Å². The van der Waals surface area contributed by atoms with Gasteiger partial charge >= 0.3 is 0 Å². The minimum atomic E-state index is 0.710. The highest BCUT2D eigenvalue weighted by molar-refractivity contribution is 5.98. The van der Waals surface area contributed by atoms with Crippen LogP contribution < -0.4 is 5.32 Å². The number of ether oxygens (including phenoxy) is 1. The van der Waals surface area contributed by atoms with Gasteiger partial charge in [0.2, 0.25) is 0 Å². The fraction of sp³-hybridized carbons (Fsp3) is 0.421. The molecular weight excluding hydrogens is 328 g/mol. The maximum atomic E-state index is 5.42. The summed E-state index contributed by atoms with van der Waals surface area (Å²) >= 11 is 0. The molecule has 1 saturated heterocycles. The number of hydrogen-bond donors (Lipinski definition) is 1. The van der Waals surface area contributed by atoms with Crippen LogP contribution in [-0.2, 0) is 4.74 Å². The number of amidine groups is 2. The molecule has 0 aliphatic carbocycles. The topological polar surface area (TPSA) is 67.0 Å². The van der Waals surface area contributed by atoms with E-state index in [4.69, 9.17) is 4.74 Å². The molecule has 1 aromatic rings. The SMILES string of the molecule is C/C=C\n1ccnc1/C=C(\C)NC1=NC(C)=NC(N2CCOCC2)=CC1. The summed E-state index contributed by atoms with van der Waals surface area (Å²) in [4.78, 5) is 15.9. The second-order valence-corrected chi connectivity index (χ2v) is 6.21. The van der Waals surface area contributed by atoms with Crippen molar-refractivity contribution in [3.8, 4) is 0 Å². The standard InChI is InChI=1S/C19H26N6O/c1-4-8-24-9-7-20-19(24)14-15(2)21-17-5-6-18(23-16(3)22-17)25-10-12-26-13-11-25/h4,6-9,14H,5,10-13H2,1-3H3,(H,21,22,23)/b8-4-,15-14+. The summed E-state index contributed by atoms with van der Waals surface area (Å²) < 4.78 is 7.40. The highest BCUT2D eigenvalue weighted by atomic mass is 16.5. The van der Waals surface area contributed by atoms with Crippen molar-refractivity contribution in [2.75, 3.05) is 26.3 Å². The van der Waals surface area contributed by atoms with Crippen LogP contribution in [0.1, 0.15) is 33.0 Å². The van der Waals surface area contributed by atoms with Crippen LogP contribution in [0.15, 0.2) is 46.0 Å². The number of hydrogen-bond acceptors (Lipinski definition) is 6. The van der Waals surface area contributed by atoms with E-state index in [1.54, 1.807) is 6.20 Å². The van der Waals surface area contributed by atoms with E-state index < -0.39 is 0 Å². The molecule has 3 rings (SSSR count). The van der Waals surface area contributed by atoms with E-state index >= 15 is 0 Å². The minimum absolute atomic E-state index is 0.710. The minimum Gasteiger partial charge on any atom is -0.378 e. The molecule has 0 amide bonds. The lowest BCUT2D eigenvalue weighted by atomic mass is 10.3. The Morgan fingerprint density at radius 2 is 2.08 bits per heavy atom. The quantitative estimate of drug-likeness (QED) is 0.903. The molecule has 1 aromatic heterocycles. The molecule has 0 bridgehead atoms. The molecule has 1 fully saturated rings. The Kier molecular flexibility index (Phi) is 6.01. The first-order valence-corrected chi connectivity index (χ1v) is 8.92. The molecule has 2 aliphatic heterocycles. The highest BCUT2D eigenvalue weighted by Crippen LogP contribution is 2.14. The molecule has 3 heterocycles. The fourth-order valence-corrected chi connectivity index (χ4v) is 2.92. The van der Waals surface area contributed by atoms with Crippen LogP contribution in [0.5, 0.6) is 0 Å². The van der Waals surface area contributed by atoms with E-state index in [-0.39, 0.29) is 0 Å². The van der Waals surface area contributed by atoms with Crippen molar-refractivity contribution < 1.29 is 4.74 Å². The lowest BCUT2D eigenvalue weighted by Crippen LogP contribution is -2.35. The molecule has 26 heavy (non-hydrogen) atoms. The second kappa shape index (κ2) is 8.62. The van der Waals surface area contributed by atoms with Gasteiger partial charge in [-0.1, -0.05) is 6.08 Å². The molecule has 0 atom stereocenters. The Bertz CT molecular complexity index is 778. The van der Waals surface area contributed by atoms with Gasteiger partial charge in [-0.25, -0.2) is 15.0 Å². The largest absolute Gasteiger partial charge is 0.378 e. The van der Waals surface area contributed by atoms with Crippen molar-refractivity contribution in [1.82, 2.24) is 19.8 Å². The Hall–Kier alpha value is -2.67. The average molecular weight is 354 g/mol. The van der Waals surface area contributed by atoms with Crippen LogP contribution in [0.2, 0.25) is 0 Å². The molecule has 7 heteroatoms. The van der Waals surface area contributed by atoms with E-state index in [1.807, 2.05) is 49.9 Å². The zero-order chi connectivity index (χ0) is 18.4. The summed E-state index contributed by atoms with van der Waals surface area (Å²) in [6.45, 7) is 9.17. The van der Waals surface area contributed by atoms with E-state index in [9.17, 15) is 0 Å². The Morgan fingerprint density at radius 3 is 2.85 bits per heavy atom. The van der Waals surface area contributed by atoms with Gasteiger partial charge in [0.1, 0.15) is 23.3 Å². The fourth-order valence-electron chi connectivity index (χ4n) is 2.92. The first-order valence-electron chi connectivity index (χ1n) is 8.92. The molecular formula is C19H26N6O. The van der Waals surface area contributed by atoms with Gasteiger partial charge in [0.25, 0.3) is 0 Å². The lowest BCUT2D eigenvalue weighted by Gasteiger charge is -2.28. The molecule has 138 valence electrons. The third-order valence-corrected chi connectivity index (χ3v) is 4.08. The number of rotatable bonds is 4. The van der Waals surface area contributed by atoms with Crippen molar-refractivity contribution in [1.29, 1.82) is 0 Å². The molecule has 0 saturated carbocycles. The van der Waals surface area contributed by atoms with E-state index in [0.717, 1.165) is 55.3 Å². The maximum absolute atomic E-state index is 5.42. The third kappa shape index (κ3) is 4.70. The Morgan fingerprint density at radius 1 is 1.27 bits per heavy atom. The molecule has 2 aliphatic rings. The van der Waals surface area contributed by atoms with Crippen molar-refractivity contribution >= 4 is 23.9 Å². The summed E-state index contributed by atoms with van der Waals surface area (Å²) in [5.41, 5.74) is 0.983. The van der Waals surface area contributed by atoms with Gasteiger partial charge in [-0.05, 0) is 26.8 Å². The number of imidazole rings is 1. The summed E-state index contributed by atoms with van der Waals surface area (Å²) in [5.74, 6) is 3.49. The van der Waals surface area contributed by atoms with E-state index in [1.165, 1.54) is 0 Å². The van der Waals surface area contributed by atoms with Crippen LogP contribution in [0.4, 0.5) is 0 Å². The van der Waals surface area contributed by atoms with Gasteiger partial charge in [-0.15, -0.1) is 0 Å². The predicted molar refractivity (Wildman–Crippen MR) is 106 cm³/mol. The van der Waals surface area contributed by atoms with Crippen molar-refractivity contribution in [3.63, 3.8) is 0 Å². The smallest absolute Gasteiger partial charge is 0.138 e. The monoisotopic (exact) mass is 354 g/mol. The number of allylic oxidation sites excluding steroid dienone is 2. The predicted octanol–water partition coefficient (Wildman–Crippen LogP) is 2.72. The molecule has 0 aromatic carbocycles. The number of aliphatic imine (C=N–C) groups is 2. The maximum Gasteiger partial charge on any atom is 0.138 e. The molecule has 1 N–H and O–H groups in total. The van der Waals surface area contributed by atoms with Crippen LogP contribution in [0.3, 0.4) is 0 Å². The lowest BCUT2D eigenvalue weighted by molar-refractivity contribution is 0.0530. The van der Waals surface area contributed by atoms with Crippen molar-refractivity contribution in [2.24, 2.45) is 9.98 Å². The van der Waals surface area contributed by atoms with Gasteiger partial charge in [0.15, 0.2) is 0 Å². The summed E-state index contributed by atoms with van der Waals surface area (Å²) in [5, 5.41) is 3.39. The Balaban J connectivity index is 1.70. The summed E-state index contributed by atoms with van der Waals surface area (Å²) in [6.07, 6.45) is 12.5. The van der Waals surface area contributed by atoms with Gasteiger partial charge in [-0.3, -0.25) is 0 Å². The van der Waals surface area contributed by atoms with Crippen LogP contribution >= 0.6 is 0 Å². The van der Waals surface area contributed by atoms with Gasteiger partial charge in [0, 0.05) is 49.9 Å². The Labute approximate surface area is 154 Å². The number of aromatic nitrogens is 2. The third-order valence-electron chi connectivity index (χ3n) is 4.08. The molecule has 0 unspecified atom stereocenters. The zero-order valence-electron chi connectivity index (χ0n) is 15.6. The van der Waals surface area contributed by atoms with Crippen molar-refractivity contribution in [3.05, 3.63) is 41.9 Å². The molecule has 0 spiro atoms.